The van der Waals surface area contributed by atoms with Gasteiger partial charge in [0.1, 0.15) is 4.60 Å². The van der Waals surface area contributed by atoms with E-state index in [9.17, 15) is 0 Å². The van der Waals surface area contributed by atoms with Crippen molar-refractivity contribution in [3.8, 4) is 0 Å². The molecule has 1 atom stereocenters. The van der Waals surface area contributed by atoms with Crippen LogP contribution in [0.5, 0.6) is 0 Å². The molecule has 0 amide bonds. The van der Waals surface area contributed by atoms with Gasteiger partial charge < -0.3 is 5.32 Å². The second kappa shape index (κ2) is 6.89. The maximum Gasteiger partial charge on any atom is 0.109 e. The zero-order valence-corrected chi connectivity index (χ0v) is 13.9. The normalized spacial score (nSPS) is 12.2. The highest BCUT2D eigenvalue weighted by Crippen LogP contribution is 2.18. The van der Waals surface area contributed by atoms with E-state index >= 15 is 0 Å². The highest BCUT2D eigenvalue weighted by atomic mass is 79.9. The zero-order valence-electron chi connectivity index (χ0n) is 12.3. The van der Waals surface area contributed by atoms with Crippen molar-refractivity contribution in [2.24, 2.45) is 0 Å². The first-order valence-electron chi connectivity index (χ1n) is 6.99. The van der Waals surface area contributed by atoms with Crippen LogP contribution in [0.4, 0.5) is 5.69 Å². The average molecular weight is 333 g/mol. The van der Waals surface area contributed by atoms with E-state index in [2.05, 4.69) is 77.3 Å². The Morgan fingerprint density at radius 3 is 2.75 bits per heavy atom. The van der Waals surface area contributed by atoms with Crippen LogP contribution in [-0.4, -0.2) is 11.0 Å². The molecule has 0 aliphatic heterocycles. The molecule has 1 unspecified atom stereocenters. The van der Waals surface area contributed by atoms with Crippen LogP contribution in [0.3, 0.4) is 0 Å². The van der Waals surface area contributed by atoms with Crippen molar-refractivity contribution >= 4 is 21.6 Å². The van der Waals surface area contributed by atoms with Crippen molar-refractivity contribution < 1.29 is 0 Å². The number of hydrogen-bond donors (Lipinski definition) is 1. The Balaban J connectivity index is 1.89. The minimum absolute atomic E-state index is 0.429. The average Bonchev–Trinajstić information content (AvgIpc) is 2.41. The molecule has 0 aliphatic rings. The molecule has 0 fully saturated rings. The van der Waals surface area contributed by atoms with Crippen LogP contribution in [0.2, 0.25) is 0 Å². The van der Waals surface area contributed by atoms with Gasteiger partial charge in [-0.2, -0.15) is 0 Å². The smallest absolute Gasteiger partial charge is 0.109 e. The number of pyridine rings is 1. The fourth-order valence-electron chi connectivity index (χ4n) is 2.24. The van der Waals surface area contributed by atoms with Crippen LogP contribution in [0, 0.1) is 13.8 Å². The summed E-state index contributed by atoms with van der Waals surface area (Å²) in [6.45, 7) is 6.41. The number of nitrogens with one attached hydrogen (secondary N) is 1. The molecule has 1 aromatic heterocycles. The summed E-state index contributed by atoms with van der Waals surface area (Å²) in [5.41, 5.74) is 4.97. The van der Waals surface area contributed by atoms with Gasteiger partial charge in [-0.25, -0.2) is 4.98 Å². The lowest BCUT2D eigenvalue weighted by atomic mass is 10.0. The third-order valence-corrected chi connectivity index (χ3v) is 4.21. The summed E-state index contributed by atoms with van der Waals surface area (Å²) in [6.07, 6.45) is 4.08. The second-order valence-electron chi connectivity index (χ2n) is 5.40. The van der Waals surface area contributed by atoms with E-state index in [-0.39, 0.29) is 0 Å². The highest BCUT2D eigenvalue weighted by molar-refractivity contribution is 9.10. The molecule has 2 nitrogen and oxygen atoms in total. The third-order valence-electron chi connectivity index (χ3n) is 3.38. The van der Waals surface area contributed by atoms with Gasteiger partial charge in [0.15, 0.2) is 0 Å². The Morgan fingerprint density at radius 2 is 2.05 bits per heavy atom. The molecule has 1 N–H and O–H groups in total. The lowest BCUT2D eigenvalue weighted by Crippen LogP contribution is -2.16. The van der Waals surface area contributed by atoms with Gasteiger partial charge >= 0.3 is 0 Å². The summed E-state index contributed by atoms with van der Waals surface area (Å²) in [5.74, 6) is 0. The van der Waals surface area contributed by atoms with E-state index in [0.717, 1.165) is 28.7 Å². The van der Waals surface area contributed by atoms with E-state index < -0.39 is 0 Å². The summed E-state index contributed by atoms with van der Waals surface area (Å²) in [6, 6.07) is 11.3. The number of aryl methyl sites for hydroxylation is 3. The molecule has 0 aliphatic carbocycles. The summed E-state index contributed by atoms with van der Waals surface area (Å²) in [7, 11) is 0. The number of halogens is 1. The van der Waals surface area contributed by atoms with Crippen molar-refractivity contribution in [2.75, 3.05) is 5.32 Å². The Bertz CT molecular complexity index is 581. The van der Waals surface area contributed by atoms with Crippen LogP contribution >= 0.6 is 15.9 Å². The minimum atomic E-state index is 0.429. The SMILES string of the molecule is Cc1cccc(CCC(C)Nc2cnc(Br)c(C)c2)c1. The maximum absolute atomic E-state index is 4.32. The Kier molecular flexibility index (Phi) is 5.18. The third kappa shape index (κ3) is 4.34. The molecular formula is C17H21BrN2. The van der Waals surface area contributed by atoms with E-state index in [1.807, 2.05) is 6.20 Å². The van der Waals surface area contributed by atoms with Gasteiger partial charge in [-0.3, -0.25) is 0 Å². The van der Waals surface area contributed by atoms with Crippen LogP contribution in [-0.2, 0) is 6.42 Å². The molecule has 106 valence electrons. The lowest BCUT2D eigenvalue weighted by Gasteiger charge is -2.15. The van der Waals surface area contributed by atoms with E-state index in [0.29, 0.717) is 6.04 Å². The summed E-state index contributed by atoms with van der Waals surface area (Å²) >= 11 is 3.42. The van der Waals surface area contributed by atoms with Gasteiger partial charge in [0.25, 0.3) is 0 Å². The predicted octanol–water partition coefficient (Wildman–Crippen LogP) is 4.89. The van der Waals surface area contributed by atoms with Crippen LogP contribution in [0.1, 0.15) is 30.0 Å². The van der Waals surface area contributed by atoms with Crippen molar-refractivity contribution in [3.63, 3.8) is 0 Å². The Morgan fingerprint density at radius 1 is 1.25 bits per heavy atom. The molecular weight excluding hydrogens is 312 g/mol. The predicted molar refractivity (Wildman–Crippen MR) is 89.3 cm³/mol. The lowest BCUT2D eigenvalue weighted by molar-refractivity contribution is 0.705. The van der Waals surface area contributed by atoms with E-state index in [1.165, 1.54) is 11.1 Å². The monoisotopic (exact) mass is 332 g/mol. The van der Waals surface area contributed by atoms with Crippen molar-refractivity contribution in [1.82, 2.24) is 4.98 Å². The first-order chi connectivity index (χ1) is 9.54. The maximum atomic E-state index is 4.32. The molecule has 3 heteroatoms. The van der Waals surface area contributed by atoms with Crippen LogP contribution in [0.15, 0.2) is 41.1 Å². The minimum Gasteiger partial charge on any atom is -0.381 e. The molecule has 0 saturated carbocycles. The topological polar surface area (TPSA) is 24.9 Å². The Labute approximate surface area is 129 Å². The van der Waals surface area contributed by atoms with Gasteiger partial charge in [0.05, 0.1) is 11.9 Å². The number of aromatic nitrogens is 1. The number of nitrogens with zero attached hydrogens (tertiary/aromatic N) is 1. The highest BCUT2D eigenvalue weighted by Gasteiger charge is 2.05. The van der Waals surface area contributed by atoms with E-state index in [4.69, 9.17) is 0 Å². The molecule has 0 saturated heterocycles. The first kappa shape index (κ1) is 15.0. The van der Waals surface area contributed by atoms with Gasteiger partial charge in [-0.15, -0.1) is 0 Å². The van der Waals surface area contributed by atoms with E-state index in [1.54, 1.807) is 0 Å². The largest absolute Gasteiger partial charge is 0.381 e. The Hall–Kier alpha value is -1.35. The quantitative estimate of drug-likeness (QED) is 0.788. The standard InChI is InChI=1S/C17H21BrN2/c1-12-5-4-6-15(9-12)8-7-14(3)20-16-10-13(2)17(18)19-11-16/h4-6,9-11,14,20H,7-8H2,1-3H3. The molecule has 2 rings (SSSR count). The summed E-state index contributed by atoms with van der Waals surface area (Å²) in [4.78, 5) is 4.32. The fraction of sp³-hybridized carbons (Fsp3) is 0.353. The van der Waals surface area contributed by atoms with Crippen molar-refractivity contribution in [2.45, 2.75) is 39.7 Å². The van der Waals surface area contributed by atoms with Gasteiger partial charge in [0, 0.05) is 6.04 Å². The number of rotatable bonds is 5. The number of benzene rings is 1. The fourth-order valence-corrected chi connectivity index (χ4v) is 2.46. The van der Waals surface area contributed by atoms with Crippen molar-refractivity contribution in [3.05, 3.63) is 57.8 Å². The molecule has 0 bridgehead atoms. The van der Waals surface area contributed by atoms with Crippen LogP contribution < -0.4 is 5.32 Å². The zero-order chi connectivity index (χ0) is 14.5. The second-order valence-corrected chi connectivity index (χ2v) is 6.16. The molecule has 0 spiro atoms. The molecule has 2 aromatic rings. The molecule has 1 aromatic carbocycles. The molecule has 0 radical (unpaired) electrons. The summed E-state index contributed by atoms with van der Waals surface area (Å²) < 4.78 is 0.912. The van der Waals surface area contributed by atoms with Gasteiger partial charge in [-0.1, -0.05) is 29.8 Å². The van der Waals surface area contributed by atoms with Gasteiger partial charge in [-0.05, 0) is 66.7 Å². The molecule has 1 heterocycles. The summed E-state index contributed by atoms with van der Waals surface area (Å²) in [5, 5.41) is 3.51. The van der Waals surface area contributed by atoms with Crippen LogP contribution in [0.25, 0.3) is 0 Å². The number of hydrogen-bond acceptors (Lipinski definition) is 2. The number of anilines is 1. The van der Waals surface area contributed by atoms with Crippen molar-refractivity contribution in [1.29, 1.82) is 0 Å². The van der Waals surface area contributed by atoms with Gasteiger partial charge in [0.2, 0.25) is 0 Å². The first-order valence-corrected chi connectivity index (χ1v) is 7.78. The molecule has 20 heavy (non-hydrogen) atoms.